The van der Waals surface area contributed by atoms with Gasteiger partial charge in [0.1, 0.15) is 0 Å². The zero-order valence-electron chi connectivity index (χ0n) is 8.79. The van der Waals surface area contributed by atoms with E-state index in [0.717, 1.165) is 22.2 Å². The fourth-order valence-corrected chi connectivity index (χ4v) is 1.78. The Hall–Kier alpha value is -1.55. The first-order valence-corrected chi connectivity index (χ1v) is 5.35. The van der Waals surface area contributed by atoms with Crippen molar-refractivity contribution in [1.29, 1.82) is 0 Å². The van der Waals surface area contributed by atoms with Gasteiger partial charge in [-0.1, -0.05) is 6.07 Å². The van der Waals surface area contributed by atoms with Crippen LogP contribution >= 0.6 is 11.6 Å². The number of nitrogens with zero attached hydrogens (tertiary/aromatic N) is 1. The molecule has 1 aromatic carbocycles. The number of H-pyrrole nitrogens is 1. The highest BCUT2D eigenvalue weighted by atomic mass is 35.5. The van der Waals surface area contributed by atoms with E-state index in [4.69, 9.17) is 11.6 Å². The molecule has 0 saturated carbocycles. The minimum atomic E-state index is -0.281. The summed E-state index contributed by atoms with van der Waals surface area (Å²) in [6.07, 6.45) is 1.81. The minimum absolute atomic E-state index is 0.211. The zero-order valence-corrected chi connectivity index (χ0v) is 9.54. The van der Waals surface area contributed by atoms with E-state index in [-0.39, 0.29) is 12.4 Å². The third-order valence-electron chi connectivity index (χ3n) is 2.38. The van der Waals surface area contributed by atoms with Crippen LogP contribution in [0.3, 0.4) is 0 Å². The number of rotatable bonds is 3. The Bertz CT molecular complexity index is 522. The predicted octanol–water partition coefficient (Wildman–Crippen LogP) is 2.02. The van der Waals surface area contributed by atoms with E-state index in [1.165, 1.54) is 7.11 Å². The molecular weight excluding hydrogens is 228 g/mol. The summed E-state index contributed by atoms with van der Waals surface area (Å²) in [4.78, 5) is 18.4. The van der Waals surface area contributed by atoms with Crippen LogP contribution in [0.4, 0.5) is 0 Å². The topological polar surface area (TPSA) is 55.0 Å². The van der Waals surface area contributed by atoms with Crippen LogP contribution in [0.15, 0.2) is 18.5 Å². The lowest BCUT2D eigenvalue weighted by atomic mass is 10.1. The van der Waals surface area contributed by atoms with E-state index in [0.29, 0.717) is 5.88 Å². The average Bonchev–Trinajstić information content (AvgIpc) is 2.76. The highest BCUT2D eigenvalue weighted by Gasteiger charge is 2.10. The summed E-state index contributed by atoms with van der Waals surface area (Å²) >= 11 is 5.79. The van der Waals surface area contributed by atoms with E-state index in [1.54, 1.807) is 6.33 Å². The lowest BCUT2D eigenvalue weighted by Gasteiger charge is -2.04. The van der Waals surface area contributed by atoms with Gasteiger partial charge in [0.25, 0.3) is 0 Å². The summed E-state index contributed by atoms with van der Waals surface area (Å²) in [7, 11) is 1.37. The summed E-state index contributed by atoms with van der Waals surface area (Å²) < 4.78 is 4.64. The first-order valence-electron chi connectivity index (χ1n) is 4.82. The molecule has 1 N–H and O–H groups in total. The summed E-state index contributed by atoms with van der Waals surface area (Å²) in [5, 5.41) is 0. The summed E-state index contributed by atoms with van der Waals surface area (Å²) in [5.74, 6) is 0.124. The molecule has 0 atom stereocenters. The molecule has 0 aliphatic rings. The van der Waals surface area contributed by atoms with Gasteiger partial charge in [-0.25, -0.2) is 4.98 Å². The zero-order chi connectivity index (χ0) is 11.5. The Morgan fingerprint density at radius 2 is 2.38 bits per heavy atom. The van der Waals surface area contributed by atoms with Crippen LogP contribution in [-0.4, -0.2) is 23.0 Å². The van der Waals surface area contributed by atoms with E-state index in [1.807, 2.05) is 12.1 Å². The van der Waals surface area contributed by atoms with Gasteiger partial charge in [0, 0.05) is 5.88 Å². The van der Waals surface area contributed by atoms with Crippen LogP contribution in [0, 0.1) is 0 Å². The number of nitrogens with one attached hydrogen (secondary N) is 1. The predicted molar refractivity (Wildman–Crippen MR) is 61.4 cm³/mol. The average molecular weight is 239 g/mol. The smallest absolute Gasteiger partial charge is 0.310 e. The summed E-state index contributed by atoms with van der Waals surface area (Å²) in [5.41, 5.74) is 3.47. The van der Waals surface area contributed by atoms with Crippen molar-refractivity contribution in [3.05, 3.63) is 29.6 Å². The van der Waals surface area contributed by atoms with E-state index >= 15 is 0 Å². The molecule has 0 saturated heterocycles. The number of aromatic amines is 1. The Labute approximate surface area is 97.6 Å². The Balaban J connectivity index is 2.48. The number of methoxy groups -OCH3 is 1. The van der Waals surface area contributed by atoms with Gasteiger partial charge in [-0.2, -0.15) is 0 Å². The molecule has 0 amide bonds. The van der Waals surface area contributed by atoms with Crippen molar-refractivity contribution in [1.82, 2.24) is 9.97 Å². The second kappa shape index (κ2) is 4.53. The first-order chi connectivity index (χ1) is 7.74. The molecule has 1 heterocycles. The number of halogens is 1. The molecule has 2 aromatic rings. The van der Waals surface area contributed by atoms with Gasteiger partial charge in [-0.3, -0.25) is 4.79 Å². The molecule has 4 nitrogen and oxygen atoms in total. The monoisotopic (exact) mass is 238 g/mol. The maximum Gasteiger partial charge on any atom is 0.310 e. The highest BCUT2D eigenvalue weighted by Crippen LogP contribution is 2.19. The molecule has 16 heavy (non-hydrogen) atoms. The molecule has 84 valence electrons. The largest absolute Gasteiger partial charge is 0.469 e. The number of carbonyl (C=O) groups excluding carboxylic acids is 1. The Kier molecular flexibility index (Phi) is 3.10. The van der Waals surface area contributed by atoms with E-state index in [9.17, 15) is 4.79 Å². The van der Waals surface area contributed by atoms with Crippen molar-refractivity contribution in [3.63, 3.8) is 0 Å². The highest BCUT2D eigenvalue weighted by molar-refractivity contribution is 6.17. The molecule has 1 aromatic heterocycles. The van der Waals surface area contributed by atoms with E-state index < -0.39 is 0 Å². The van der Waals surface area contributed by atoms with Gasteiger partial charge in [0.15, 0.2) is 0 Å². The number of ether oxygens (including phenoxy) is 1. The molecule has 2 rings (SSSR count). The fourth-order valence-electron chi connectivity index (χ4n) is 1.63. The van der Waals surface area contributed by atoms with Gasteiger partial charge < -0.3 is 9.72 Å². The van der Waals surface area contributed by atoms with Crippen LogP contribution in [0.5, 0.6) is 0 Å². The van der Waals surface area contributed by atoms with Gasteiger partial charge >= 0.3 is 5.97 Å². The van der Waals surface area contributed by atoms with Crippen molar-refractivity contribution in [2.75, 3.05) is 7.11 Å². The van der Waals surface area contributed by atoms with Crippen molar-refractivity contribution in [3.8, 4) is 0 Å². The lowest BCUT2D eigenvalue weighted by molar-refractivity contribution is -0.139. The van der Waals surface area contributed by atoms with Crippen LogP contribution in [-0.2, 0) is 21.8 Å². The van der Waals surface area contributed by atoms with Crippen molar-refractivity contribution < 1.29 is 9.53 Å². The number of benzene rings is 1. The molecular formula is C11H11ClN2O2. The van der Waals surface area contributed by atoms with Crippen molar-refractivity contribution >= 4 is 28.6 Å². The summed E-state index contributed by atoms with van der Waals surface area (Å²) in [6, 6.07) is 3.81. The number of alkyl halides is 1. The number of carbonyl (C=O) groups is 1. The number of imidazole rings is 1. The second-order valence-electron chi connectivity index (χ2n) is 3.44. The van der Waals surface area contributed by atoms with E-state index in [2.05, 4.69) is 14.7 Å². The first kappa shape index (κ1) is 11.0. The third kappa shape index (κ3) is 2.02. The molecule has 0 aliphatic carbocycles. The van der Waals surface area contributed by atoms with Crippen molar-refractivity contribution in [2.45, 2.75) is 12.3 Å². The molecule has 0 unspecified atom stereocenters. The molecule has 0 aliphatic heterocycles. The van der Waals surface area contributed by atoms with Crippen LogP contribution in [0.25, 0.3) is 11.0 Å². The number of hydrogen-bond acceptors (Lipinski definition) is 3. The molecule has 0 radical (unpaired) electrons. The minimum Gasteiger partial charge on any atom is -0.469 e. The van der Waals surface area contributed by atoms with Gasteiger partial charge in [0.2, 0.25) is 0 Å². The summed E-state index contributed by atoms with van der Waals surface area (Å²) in [6.45, 7) is 0. The maximum absolute atomic E-state index is 11.3. The van der Waals surface area contributed by atoms with Gasteiger partial charge in [-0.05, 0) is 17.2 Å². The normalized spacial score (nSPS) is 10.6. The van der Waals surface area contributed by atoms with Crippen LogP contribution < -0.4 is 0 Å². The van der Waals surface area contributed by atoms with Gasteiger partial charge in [-0.15, -0.1) is 11.6 Å². The van der Waals surface area contributed by atoms with Crippen LogP contribution in [0.2, 0.25) is 0 Å². The molecule has 0 bridgehead atoms. The molecule has 0 spiro atoms. The number of aromatic nitrogens is 2. The molecule has 0 fully saturated rings. The second-order valence-corrected chi connectivity index (χ2v) is 3.71. The maximum atomic E-state index is 11.3. The number of fused-ring (bicyclic) bond motifs is 1. The Morgan fingerprint density at radius 3 is 3.06 bits per heavy atom. The van der Waals surface area contributed by atoms with Crippen molar-refractivity contribution in [2.24, 2.45) is 0 Å². The number of esters is 1. The lowest BCUT2D eigenvalue weighted by Crippen LogP contribution is -2.05. The quantitative estimate of drug-likeness (QED) is 0.658. The van der Waals surface area contributed by atoms with Gasteiger partial charge in [0.05, 0.1) is 30.9 Å². The Morgan fingerprint density at radius 1 is 1.56 bits per heavy atom. The molecule has 5 heteroatoms. The van der Waals surface area contributed by atoms with Crippen LogP contribution in [0.1, 0.15) is 11.1 Å². The number of hydrogen-bond donors (Lipinski definition) is 1. The fraction of sp³-hybridized carbons (Fsp3) is 0.273. The standard InChI is InChI=1S/C11H11ClN2O2/c1-16-10(15)4-8-2-7(5-12)3-9-11(8)14-6-13-9/h2-3,6H,4-5H2,1H3,(H,13,14). The third-order valence-corrected chi connectivity index (χ3v) is 2.69. The SMILES string of the molecule is COC(=O)Cc1cc(CCl)cc2[nH]cnc12.